The number of piperidine rings is 1. The second-order valence-corrected chi connectivity index (χ2v) is 11.8. The summed E-state index contributed by atoms with van der Waals surface area (Å²) in [5.74, 6) is 2.16. The van der Waals surface area contributed by atoms with E-state index in [4.69, 9.17) is 9.72 Å². The maximum absolute atomic E-state index is 12.2. The maximum atomic E-state index is 12.2. The number of aromatic nitrogens is 6. The topological polar surface area (TPSA) is 111 Å². The van der Waals surface area contributed by atoms with Gasteiger partial charge in [0.05, 0.1) is 11.7 Å². The Kier molecular flexibility index (Phi) is 6.78. The number of fused-ring (bicyclic) bond motifs is 3. The molecule has 0 aromatic carbocycles. The van der Waals surface area contributed by atoms with E-state index in [0.29, 0.717) is 30.1 Å². The molecular weight excluding hydrogens is 492 g/mol. The van der Waals surface area contributed by atoms with Crippen molar-refractivity contribution >= 4 is 45.5 Å². The summed E-state index contributed by atoms with van der Waals surface area (Å²) in [6.45, 7) is 7.40. The van der Waals surface area contributed by atoms with Crippen LogP contribution in [0.3, 0.4) is 0 Å². The van der Waals surface area contributed by atoms with E-state index in [2.05, 4.69) is 34.9 Å². The molecule has 2 aliphatic rings. The van der Waals surface area contributed by atoms with Gasteiger partial charge in [-0.15, -0.1) is 10.2 Å². The van der Waals surface area contributed by atoms with Crippen molar-refractivity contribution in [2.75, 3.05) is 23.3 Å². The van der Waals surface area contributed by atoms with Crippen molar-refractivity contribution in [2.45, 2.75) is 77.4 Å². The Labute approximate surface area is 228 Å². The predicted molar refractivity (Wildman–Crippen MR) is 151 cm³/mol. The third kappa shape index (κ3) is 5.51. The van der Waals surface area contributed by atoms with Gasteiger partial charge < -0.3 is 19.5 Å². The summed E-state index contributed by atoms with van der Waals surface area (Å²) in [4.78, 5) is 28.3. The first kappa shape index (κ1) is 25.5. The van der Waals surface area contributed by atoms with Crippen molar-refractivity contribution in [3.05, 3.63) is 36.8 Å². The number of pyridine rings is 1. The van der Waals surface area contributed by atoms with Gasteiger partial charge >= 0.3 is 5.97 Å². The third-order valence-electron chi connectivity index (χ3n) is 7.74. The highest BCUT2D eigenvalue weighted by Crippen LogP contribution is 2.37. The summed E-state index contributed by atoms with van der Waals surface area (Å²) in [5.41, 5.74) is 1.61. The van der Waals surface area contributed by atoms with E-state index < -0.39 is 5.60 Å². The molecule has 10 heteroatoms. The van der Waals surface area contributed by atoms with Gasteiger partial charge in [0.15, 0.2) is 11.6 Å². The van der Waals surface area contributed by atoms with E-state index >= 15 is 0 Å². The summed E-state index contributed by atoms with van der Waals surface area (Å²) in [6.07, 6.45) is 12.8. The van der Waals surface area contributed by atoms with Crippen molar-refractivity contribution in [3.8, 4) is 0 Å². The van der Waals surface area contributed by atoms with Gasteiger partial charge in [0.25, 0.3) is 0 Å². The highest BCUT2D eigenvalue weighted by atomic mass is 16.6. The molecule has 0 bridgehead atoms. The molecule has 39 heavy (non-hydrogen) atoms. The van der Waals surface area contributed by atoms with Gasteiger partial charge in [-0.25, -0.2) is 4.98 Å². The molecule has 1 saturated carbocycles. The Morgan fingerprint density at radius 1 is 1.03 bits per heavy atom. The highest BCUT2D eigenvalue weighted by molar-refractivity contribution is 6.06. The van der Waals surface area contributed by atoms with E-state index in [1.165, 1.54) is 12.8 Å². The molecule has 2 fully saturated rings. The van der Waals surface area contributed by atoms with Crippen LogP contribution in [0, 0.1) is 5.92 Å². The summed E-state index contributed by atoms with van der Waals surface area (Å²) >= 11 is 0. The Morgan fingerprint density at radius 3 is 2.54 bits per heavy atom. The fraction of sp³-hybridized carbons (Fsp3) is 0.517. The number of ether oxygens (including phenoxy) is 1. The van der Waals surface area contributed by atoms with Gasteiger partial charge in [0.2, 0.25) is 5.95 Å². The molecule has 4 aromatic rings. The van der Waals surface area contributed by atoms with Crippen molar-refractivity contribution in [3.63, 3.8) is 0 Å². The van der Waals surface area contributed by atoms with Crippen molar-refractivity contribution in [1.29, 1.82) is 0 Å². The molecule has 1 saturated heterocycles. The van der Waals surface area contributed by atoms with Crippen LogP contribution in [-0.2, 0) is 9.53 Å². The smallest absolute Gasteiger partial charge is 0.306 e. The van der Waals surface area contributed by atoms with Crippen LogP contribution >= 0.6 is 0 Å². The fourth-order valence-electron chi connectivity index (χ4n) is 5.92. The second kappa shape index (κ2) is 10.4. The van der Waals surface area contributed by atoms with Crippen LogP contribution in [0.15, 0.2) is 36.8 Å². The molecule has 0 radical (unpaired) electrons. The van der Waals surface area contributed by atoms with Crippen LogP contribution < -0.4 is 10.2 Å². The molecule has 0 amide bonds. The number of anilines is 3. The molecule has 204 valence electrons. The lowest BCUT2D eigenvalue weighted by atomic mass is 9.93. The number of rotatable bonds is 6. The number of carbonyl (C=O) groups is 1. The lowest BCUT2D eigenvalue weighted by Gasteiger charge is -2.32. The van der Waals surface area contributed by atoms with Crippen LogP contribution in [0.1, 0.15) is 71.8 Å². The number of nitrogens with one attached hydrogen (secondary N) is 1. The largest absolute Gasteiger partial charge is 0.460 e. The van der Waals surface area contributed by atoms with Gasteiger partial charge in [-0.2, -0.15) is 4.98 Å². The molecule has 6 rings (SSSR count). The van der Waals surface area contributed by atoms with Crippen LogP contribution in [0.4, 0.5) is 17.6 Å². The number of carbonyl (C=O) groups excluding carboxylic acids is 1. The van der Waals surface area contributed by atoms with E-state index in [1.54, 1.807) is 0 Å². The Balaban J connectivity index is 1.13. The summed E-state index contributed by atoms with van der Waals surface area (Å²) in [5, 5.41) is 14.3. The maximum Gasteiger partial charge on any atom is 0.306 e. The Hall–Kier alpha value is -3.82. The zero-order chi connectivity index (χ0) is 27.0. The van der Waals surface area contributed by atoms with E-state index in [9.17, 15) is 4.79 Å². The zero-order valence-corrected chi connectivity index (χ0v) is 22.9. The van der Waals surface area contributed by atoms with E-state index in [-0.39, 0.29) is 5.97 Å². The van der Waals surface area contributed by atoms with Crippen molar-refractivity contribution in [2.24, 2.45) is 5.92 Å². The van der Waals surface area contributed by atoms with Crippen LogP contribution in [0.5, 0.6) is 0 Å². The fourth-order valence-corrected chi connectivity index (χ4v) is 5.92. The molecule has 0 atom stereocenters. The number of hydrogen-bond donors (Lipinski definition) is 1. The molecule has 1 aliphatic carbocycles. The van der Waals surface area contributed by atoms with Crippen LogP contribution in [-0.4, -0.2) is 54.4 Å². The summed E-state index contributed by atoms with van der Waals surface area (Å²) < 4.78 is 7.83. The van der Waals surface area contributed by atoms with Gasteiger partial charge in [-0.1, -0.05) is 12.8 Å². The van der Waals surface area contributed by atoms with Crippen LogP contribution in [0.2, 0.25) is 0 Å². The highest BCUT2D eigenvalue weighted by Gasteiger charge is 2.26. The second-order valence-electron chi connectivity index (χ2n) is 11.8. The minimum Gasteiger partial charge on any atom is -0.460 e. The molecule has 10 nitrogen and oxygen atoms in total. The van der Waals surface area contributed by atoms with Gasteiger partial charge in [0, 0.05) is 48.7 Å². The van der Waals surface area contributed by atoms with Gasteiger partial charge in [-0.3, -0.25) is 9.78 Å². The Bertz CT molecular complexity index is 1460. The lowest BCUT2D eigenvalue weighted by molar-refractivity contribution is -0.156. The number of hydrogen-bond acceptors (Lipinski definition) is 9. The number of esters is 1. The normalized spacial score (nSPS) is 17.3. The van der Waals surface area contributed by atoms with Crippen molar-refractivity contribution in [1.82, 2.24) is 29.7 Å². The minimum absolute atomic E-state index is 0.114. The summed E-state index contributed by atoms with van der Waals surface area (Å²) in [7, 11) is 0. The first-order chi connectivity index (χ1) is 18.8. The monoisotopic (exact) mass is 528 g/mol. The molecule has 1 aliphatic heterocycles. The van der Waals surface area contributed by atoms with E-state index in [1.807, 2.05) is 57.6 Å². The predicted octanol–water partition coefficient (Wildman–Crippen LogP) is 5.58. The lowest BCUT2D eigenvalue weighted by Crippen LogP contribution is -2.35. The number of nitrogens with zero attached hydrogens (tertiary/aromatic N) is 7. The average molecular weight is 529 g/mol. The van der Waals surface area contributed by atoms with Crippen LogP contribution in [0.25, 0.3) is 21.9 Å². The molecule has 5 heterocycles. The molecular formula is C29H36N8O2. The standard InChI is InChI=1S/C29H36N8O2/c1-29(2,3)39-26(38)16-19-11-14-36(15-12-19)25-9-8-24(34-35-25)32-28-31-17-22-21-10-13-30-18-23(21)37(27(22)33-28)20-6-4-5-7-20/h8-10,13,17-20H,4-7,11-12,14-16H2,1-3H3,(H,31,32,33,34). The zero-order valence-electron chi connectivity index (χ0n) is 22.9. The molecule has 0 unspecified atom stereocenters. The molecule has 4 aromatic heterocycles. The quantitative estimate of drug-likeness (QED) is 0.321. The summed E-state index contributed by atoms with van der Waals surface area (Å²) in [6, 6.07) is 6.37. The first-order valence-corrected chi connectivity index (χ1v) is 14.0. The minimum atomic E-state index is -0.439. The average Bonchev–Trinajstić information content (AvgIpc) is 3.54. The molecule has 1 N–H and O–H groups in total. The van der Waals surface area contributed by atoms with Gasteiger partial charge in [0.1, 0.15) is 11.2 Å². The van der Waals surface area contributed by atoms with E-state index in [0.717, 1.165) is 66.5 Å². The van der Waals surface area contributed by atoms with Crippen molar-refractivity contribution < 1.29 is 9.53 Å². The SMILES string of the molecule is CC(C)(C)OC(=O)CC1CCN(c2ccc(Nc3ncc4c5ccncc5n(C5CCCC5)c4n3)nn2)CC1. The van der Waals surface area contributed by atoms with Gasteiger partial charge in [-0.05, 0) is 70.6 Å². The first-order valence-electron chi connectivity index (χ1n) is 14.0. The molecule has 0 spiro atoms. The Morgan fingerprint density at radius 2 is 1.82 bits per heavy atom. The third-order valence-corrected chi connectivity index (χ3v) is 7.74.